The van der Waals surface area contributed by atoms with Gasteiger partial charge in [-0.2, -0.15) is 0 Å². The molecule has 1 N–H and O–H groups in total. The molecular formula is C19H26O11. The monoisotopic (exact) mass is 430 g/mol. The summed E-state index contributed by atoms with van der Waals surface area (Å²) in [6.45, 7) is 5.55. The zero-order valence-electron chi connectivity index (χ0n) is 17.2. The van der Waals surface area contributed by atoms with E-state index in [0.717, 1.165) is 0 Å². The quantitative estimate of drug-likeness (QED) is 0.315. The second kappa shape index (κ2) is 11.3. The first kappa shape index (κ1) is 25.1. The van der Waals surface area contributed by atoms with Gasteiger partial charge in [-0.05, 0) is 0 Å². The van der Waals surface area contributed by atoms with Crippen LogP contribution in [-0.4, -0.2) is 65.7 Å². The van der Waals surface area contributed by atoms with Crippen molar-refractivity contribution in [3.05, 3.63) is 12.2 Å². The minimum absolute atomic E-state index is 0.0158. The Morgan fingerprint density at radius 1 is 0.933 bits per heavy atom. The highest BCUT2D eigenvalue weighted by atomic mass is 16.8. The molecule has 0 unspecified atom stereocenters. The number of aliphatic carboxylic acids is 1. The summed E-state index contributed by atoms with van der Waals surface area (Å²) in [5.41, 5.74) is 0. The summed E-state index contributed by atoms with van der Waals surface area (Å²) in [6, 6.07) is 0. The van der Waals surface area contributed by atoms with E-state index in [2.05, 4.69) is 0 Å². The Labute approximate surface area is 173 Å². The van der Waals surface area contributed by atoms with E-state index in [0.29, 0.717) is 12.2 Å². The van der Waals surface area contributed by atoms with Gasteiger partial charge in [0.2, 0.25) is 6.10 Å². The second-order valence-electron chi connectivity index (χ2n) is 6.37. The summed E-state index contributed by atoms with van der Waals surface area (Å²) in [6.07, 6.45) is -2.75. The zero-order chi connectivity index (χ0) is 22.9. The van der Waals surface area contributed by atoms with Crippen molar-refractivity contribution in [3.63, 3.8) is 0 Å². The Hall–Kier alpha value is -2.95. The largest absolute Gasteiger partial charge is 0.478 e. The van der Waals surface area contributed by atoms with Crippen LogP contribution in [0.15, 0.2) is 12.2 Å². The molecule has 11 heteroatoms. The van der Waals surface area contributed by atoms with Crippen LogP contribution in [0.4, 0.5) is 0 Å². The molecule has 4 atom stereocenters. The molecule has 0 radical (unpaired) electrons. The van der Waals surface area contributed by atoms with Gasteiger partial charge in [0.1, 0.15) is 0 Å². The van der Waals surface area contributed by atoms with E-state index in [1.807, 2.05) is 0 Å². The second-order valence-corrected chi connectivity index (χ2v) is 6.37. The third kappa shape index (κ3) is 7.14. The molecule has 11 nitrogen and oxygen atoms in total. The molecule has 1 aliphatic heterocycles. The minimum Gasteiger partial charge on any atom is -0.478 e. The molecule has 0 spiro atoms. The Kier molecular flexibility index (Phi) is 9.44. The number of carboxylic acid groups (broad SMARTS) is 1. The molecule has 0 aliphatic carbocycles. The maximum Gasteiger partial charge on any atom is 0.333 e. The minimum atomic E-state index is -1.95. The van der Waals surface area contributed by atoms with E-state index in [-0.39, 0.29) is 25.9 Å². The smallest absolute Gasteiger partial charge is 0.333 e. The van der Waals surface area contributed by atoms with Crippen molar-refractivity contribution in [2.45, 2.75) is 71.1 Å². The van der Waals surface area contributed by atoms with E-state index in [4.69, 9.17) is 28.8 Å². The molecule has 0 aromatic heterocycles. The lowest BCUT2D eigenvalue weighted by Crippen LogP contribution is -2.64. The molecule has 1 saturated heterocycles. The number of carbonyl (C=O) groups excluding carboxylic acids is 4. The van der Waals surface area contributed by atoms with Crippen molar-refractivity contribution in [2.75, 3.05) is 6.61 Å². The van der Waals surface area contributed by atoms with Crippen LogP contribution in [0.3, 0.4) is 0 Å². The number of carbonyl (C=O) groups is 5. The molecule has 168 valence electrons. The Morgan fingerprint density at radius 3 is 2.00 bits per heavy atom. The number of carboxylic acids is 1. The molecule has 1 fully saturated rings. The molecule has 0 aromatic carbocycles. The lowest BCUT2D eigenvalue weighted by molar-refractivity contribution is -0.321. The van der Waals surface area contributed by atoms with Gasteiger partial charge in [0.05, 0.1) is 6.61 Å². The van der Waals surface area contributed by atoms with Crippen molar-refractivity contribution < 1.29 is 52.8 Å². The lowest BCUT2D eigenvalue weighted by atomic mass is 9.96. The Morgan fingerprint density at radius 2 is 1.47 bits per heavy atom. The van der Waals surface area contributed by atoms with Crippen molar-refractivity contribution in [3.8, 4) is 0 Å². The first-order valence-corrected chi connectivity index (χ1v) is 9.42. The van der Waals surface area contributed by atoms with Crippen LogP contribution >= 0.6 is 0 Å². The van der Waals surface area contributed by atoms with E-state index in [1.54, 1.807) is 6.92 Å². The van der Waals surface area contributed by atoms with Crippen molar-refractivity contribution >= 4 is 29.8 Å². The topological polar surface area (TPSA) is 152 Å². The van der Waals surface area contributed by atoms with Gasteiger partial charge in [0.25, 0.3) is 5.79 Å². The fraction of sp³-hybridized carbons (Fsp3) is 0.632. The van der Waals surface area contributed by atoms with Crippen LogP contribution in [-0.2, 0) is 47.7 Å². The highest BCUT2D eigenvalue weighted by Gasteiger charge is 2.56. The molecular weight excluding hydrogens is 404 g/mol. The highest BCUT2D eigenvalue weighted by Crippen LogP contribution is 2.33. The van der Waals surface area contributed by atoms with Crippen LogP contribution < -0.4 is 0 Å². The number of rotatable bonds is 9. The maximum atomic E-state index is 12.0. The third-order valence-electron chi connectivity index (χ3n) is 4.06. The number of hydrogen-bond acceptors (Lipinski definition) is 10. The standard InChI is InChI=1S/C19H26O11/c1-5-13(22)27-11-10-26-19(4,30-16(25)9-8-12(20)21)18(29-15(24)7-3)17(11)28-14(23)6-2/h8-9,11,17-18H,5-7,10H2,1-4H3,(H,20,21)/b9-8+/t11-,17-,18-,19+/m1/s1. The lowest BCUT2D eigenvalue weighted by Gasteiger charge is -2.45. The highest BCUT2D eigenvalue weighted by molar-refractivity contribution is 5.90. The molecule has 0 aromatic rings. The number of ether oxygens (including phenoxy) is 5. The third-order valence-corrected chi connectivity index (χ3v) is 4.06. The van der Waals surface area contributed by atoms with Gasteiger partial charge in [0, 0.05) is 38.3 Å². The fourth-order valence-corrected chi connectivity index (χ4v) is 2.50. The first-order valence-electron chi connectivity index (χ1n) is 9.42. The molecule has 30 heavy (non-hydrogen) atoms. The predicted molar refractivity (Wildman–Crippen MR) is 97.7 cm³/mol. The van der Waals surface area contributed by atoms with E-state index in [1.165, 1.54) is 20.8 Å². The fourth-order valence-electron chi connectivity index (χ4n) is 2.50. The van der Waals surface area contributed by atoms with Gasteiger partial charge in [0.15, 0.2) is 12.2 Å². The molecule has 0 saturated carbocycles. The SMILES string of the molecule is CCC(=O)O[C@H]1[C@@H](OC(=O)CC)[C@](C)(OC(=O)/C=C/C(=O)O)OC[C@H]1OC(=O)CC. The van der Waals surface area contributed by atoms with Crippen molar-refractivity contribution in [1.29, 1.82) is 0 Å². The van der Waals surface area contributed by atoms with Gasteiger partial charge in [-0.25, -0.2) is 9.59 Å². The van der Waals surface area contributed by atoms with Crippen LogP contribution in [0.2, 0.25) is 0 Å². The average Bonchev–Trinajstić information content (AvgIpc) is 2.70. The number of esters is 4. The molecule has 0 amide bonds. The van der Waals surface area contributed by atoms with Crippen LogP contribution in [0.5, 0.6) is 0 Å². The van der Waals surface area contributed by atoms with Crippen molar-refractivity contribution in [2.24, 2.45) is 0 Å². The summed E-state index contributed by atoms with van der Waals surface area (Å²) in [5.74, 6) is -6.41. The normalized spacial score (nSPS) is 25.9. The summed E-state index contributed by atoms with van der Waals surface area (Å²) in [5, 5.41) is 8.64. The van der Waals surface area contributed by atoms with E-state index >= 15 is 0 Å². The predicted octanol–water partition coefficient (Wildman–Crippen LogP) is 0.882. The average molecular weight is 430 g/mol. The molecule has 0 bridgehead atoms. The first-order chi connectivity index (χ1) is 14.1. The van der Waals surface area contributed by atoms with Gasteiger partial charge < -0.3 is 28.8 Å². The summed E-state index contributed by atoms with van der Waals surface area (Å²) in [7, 11) is 0. The van der Waals surface area contributed by atoms with Crippen LogP contribution in [0.1, 0.15) is 47.0 Å². The summed E-state index contributed by atoms with van der Waals surface area (Å²) >= 11 is 0. The number of hydrogen-bond donors (Lipinski definition) is 1. The van der Waals surface area contributed by atoms with E-state index < -0.39 is 53.9 Å². The van der Waals surface area contributed by atoms with Gasteiger partial charge in [-0.15, -0.1) is 0 Å². The van der Waals surface area contributed by atoms with Crippen LogP contribution in [0.25, 0.3) is 0 Å². The summed E-state index contributed by atoms with van der Waals surface area (Å²) in [4.78, 5) is 58.4. The molecule has 1 aliphatic rings. The van der Waals surface area contributed by atoms with Gasteiger partial charge in [-0.1, -0.05) is 20.8 Å². The van der Waals surface area contributed by atoms with E-state index in [9.17, 15) is 24.0 Å². The van der Waals surface area contributed by atoms with Gasteiger partial charge >= 0.3 is 29.8 Å². The summed E-state index contributed by atoms with van der Waals surface area (Å²) < 4.78 is 26.7. The maximum absolute atomic E-state index is 12.0. The zero-order valence-corrected chi connectivity index (χ0v) is 17.2. The van der Waals surface area contributed by atoms with Crippen molar-refractivity contribution in [1.82, 2.24) is 0 Å². The Bertz CT molecular complexity index is 699. The van der Waals surface area contributed by atoms with Crippen LogP contribution in [0, 0.1) is 0 Å². The van der Waals surface area contributed by atoms with Gasteiger partial charge in [-0.3, -0.25) is 14.4 Å². The molecule has 1 rings (SSSR count). The molecule has 1 heterocycles. The Balaban J connectivity index is 3.28.